The summed E-state index contributed by atoms with van der Waals surface area (Å²) in [5.74, 6) is -16.8. The molecule has 4 aliphatic heterocycles. The molecule has 35 heteroatoms. The first kappa shape index (κ1) is 88.1. The SMILES string of the molecule is CC(=O)O[C@H]1C(=O)[C@@]2(C)C([C@H](OC(=O)c3ccccc3)[C@]3(O)C[C@H](OC(=O)[C@H](OC(=O)CCC(=O)NCc4ccc(CN5C(=O)[C@H]6CNC(=O)[C@H](CC(=O)O)NC(=O)CNC(=O)[C@H](CCCNC(=N)N)NC(=O)C[C@H]5C(=O)N6Cc5ccccc5)cc4)[C@@H](NC(=O)c4ccccc4)c4ccccc4)C(C)=C1C3(C)C)[C@]1(OC(C)=O)CO[C@@H]1C[C@@H]2O. The van der Waals surface area contributed by atoms with Gasteiger partial charge < -0.3 is 96.5 Å². The Labute approximate surface area is 689 Å². The number of carbonyl (C=O) groups is 15. The van der Waals surface area contributed by atoms with Crippen LogP contribution in [0.3, 0.4) is 0 Å². The number of Topliss-reactive ketones (excluding diaryl/α,β-unsaturated/α-hetero) is 1. The third kappa shape index (κ3) is 19.3. The number of nitrogens with zero attached hydrogens (tertiary/aromatic N) is 2. The van der Waals surface area contributed by atoms with E-state index in [4.69, 9.17) is 39.6 Å². The van der Waals surface area contributed by atoms with Crippen molar-refractivity contribution in [1.82, 2.24) is 47.0 Å². The van der Waals surface area contributed by atoms with Gasteiger partial charge in [0.1, 0.15) is 54.1 Å². The van der Waals surface area contributed by atoms with Crippen molar-refractivity contribution in [1.29, 1.82) is 5.41 Å². The van der Waals surface area contributed by atoms with Crippen LogP contribution in [0.15, 0.2) is 157 Å². The van der Waals surface area contributed by atoms with Crippen LogP contribution in [0.2, 0.25) is 0 Å². The number of guanidine groups is 1. The Morgan fingerprint density at radius 2 is 1.27 bits per heavy atom. The van der Waals surface area contributed by atoms with Gasteiger partial charge in [0.05, 0.1) is 55.4 Å². The lowest BCUT2D eigenvalue weighted by atomic mass is 9.44. The number of benzene rings is 5. The lowest BCUT2D eigenvalue weighted by Crippen LogP contribution is -2.82. The standard InChI is InChI=1S/C85H97N11O24/c1-46-59(39-85(114)73(119-79(112)54-26-17-10-18-27-54)71-83(6,60(99)38-61-84(71,45-115-61)120-48(3)98)72(106)69(116-47(2)97)67(46)82(85,4)5)117-80(113)70(68(52-22-13-8-14-23-52)94-74(107)53-24-15-9-16-25-53)118-66(105)34-33-62(100)89-40-49-29-31-51(32-30-49)44-95-57-37-63(101)92-55(28-19-35-88-81(86)87)75(108)91-42-64(102)93-56(36-65(103)104)76(109)90-41-58(78(95)111)96(77(57)110)43-50-20-11-7-12-21-50/h7-18,20-27,29-32,55-61,68-71,73,99,114H,19,28,33-45H2,1-6H3,(H,89,100)(H,90,109)(H,91,108)(H,92,101)(H,93,102)(H,94,107)(H,103,104)(H4,86,87,88)/t55-,56-,57-,58+,59-,60-,61+,68-,69+,70+,71?,73-,83+,84-,85+/m0/s1. The molecule has 2 saturated carbocycles. The number of piperazine rings is 1. The van der Waals surface area contributed by atoms with E-state index in [2.05, 4.69) is 37.2 Å². The van der Waals surface area contributed by atoms with E-state index in [-0.39, 0.29) is 79.2 Å². The molecule has 120 heavy (non-hydrogen) atoms. The van der Waals surface area contributed by atoms with Gasteiger partial charge in [-0.25, -0.2) is 9.59 Å². The van der Waals surface area contributed by atoms with Crippen molar-refractivity contribution in [3.8, 4) is 0 Å². The first-order valence-electron chi connectivity index (χ1n) is 39.2. The zero-order valence-corrected chi connectivity index (χ0v) is 66.8. The summed E-state index contributed by atoms with van der Waals surface area (Å²) in [6.07, 6.45) is -14.7. The zero-order chi connectivity index (χ0) is 86.7. The Balaban J connectivity index is 0.862. The third-order valence-corrected chi connectivity index (χ3v) is 23.2. The number of nitrogens with two attached hydrogens (primary N) is 1. The molecule has 15 atom stereocenters. The summed E-state index contributed by atoms with van der Waals surface area (Å²) >= 11 is 0. The quantitative estimate of drug-likeness (QED) is 0.00714. The van der Waals surface area contributed by atoms with Crippen molar-refractivity contribution in [2.24, 2.45) is 22.5 Å². The Morgan fingerprint density at radius 1 is 0.692 bits per heavy atom. The molecule has 1 unspecified atom stereocenters. The van der Waals surface area contributed by atoms with Crippen LogP contribution in [-0.4, -0.2) is 218 Å². The minimum Gasteiger partial charge on any atom is -0.481 e. The zero-order valence-electron chi connectivity index (χ0n) is 66.8. The number of aliphatic hydroxyl groups is 2. The molecule has 7 aliphatic rings. The lowest BCUT2D eigenvalue weighted by Gasteiger charge is -2.67. The van der Waals surface area contributed by atoms with E-state index in [1.165, 1.54) is 69.0 Å². The van der Waals surface area contributed by atoms with Crippen LogP contribution in [0.5, 0.6) is 0 Å². The van der Waals surface area contributed by atoms with E-state index in [1.54, 1.807) is 109 Å². The van der Waals surface area contributed by atoms with Gasteiger partial charge in [0.2, 0.25) is 47.5 Å². The molecule has 4 saturated heterocycles. The highest BCUT2D eigenvalue weighted by molar-refractivity contribution is 6.02. The molecule has 6 fully saturated rings. The van der Waals surface area contributed by atoms with Crippen LogP contribution in [0, 0.1) is 22.2 Å². The number of ketones is 1. The summed E-state index contributed by atoms with van der Waals surface area (Å²) < 4.78 is 37.2. The smallest absolute Gasteiger partial charge is 0.350 e. The first-order chi connectivity index (χ1) is 57.0. The molecule has 4 heterocycles. The summed E-state index contributed by atoms with van der Waals surface area (Å²) in [5, 5.41) is 61.9. The molecule has 4 bridgehead atoms. The van der Waals surface area contributed by atoms with Crippen molar-refractivity contribution < 1.29 is 116 Å². The highest BCUT2D eigenvalue weighted by atomic mass is 16.6. The summed E-state index contributed by atoms with van der Waals surface area (Å²) in [5.41, 5.74) is -1.60. The number of rotatable bonds is 26. The minimum absolute atomic E-state index is 0.0181. The summed E-state index contributed by atoms with van der Waals surface area (Å²) in [7, 11) is 0. The Kier molecular flexibility index (Phi) is 27.5. The fourth-order valence-corrected chi connectivity index (χ4v) is 16.9. The van der Waals surface area contributed by atoms with Crippen LogP contribution in [0.1, 0.15) is 142 Å². The van der Waals surface area contributed by atoms with Crippen LogP contribution >= 0.6 is 0 Å². The topological polar surface area (TPSA) is 513 Å². The van der Waals surface area contributed by atoms with Gasteiger partial charge >= 0.3 is 35.8 Å². The number of aliphatic carboxylic acids is 1. The molecule has 636 valence electrons. The van der Waals surface area contributed by atoms with Crippen molar-refractivity contribution in [2.75, 3.05) is 26.2 Å². The van der Waals surface area contributed by atoms with E-state index in [0.29, 0.717) is 16.7 Å². The van der Waals surface area contributed by atoms with Gasteiger partial charge in [-0.3, -0.25) is 67.7 Å². The number of hydrogen-bond acceptors (Lipinski definition) is 24. The molecule has 0 aromatic heterocycles. The minimum atomic E-state index is -2.60. The second-order valence-corrected chi connectivity index (χ2v) is 31.4. The Hall–Kier alpha value is -12.8. The van der Waals surface area contributed by atoms with Crippen LogP contribution in [0.4, 0.5) is 0 Å². The maximum absolute atomic E-state index is 16.0. The summed E-state index contributed by atoms with van der Waals surface area (Å²) in [4.78, 5) is 216. The van der Waals surface area contributed by atoms with E-state index in [9.17, 15) is 68.1 Å². The van der Waals surface area contributed by atoms with Gasteiger partial charge in [-0.05, 0) is 84.4 Å². The van der Waals surface area contributed by atoms with Crippen molar-refractivity contribution in [3.63, 3.8) is 0 Å². The Morgan fingerprint density at radius 3 is 1.88 bits per heavy atom. The lowest BCUT2D eigenvalue weighted by molar-refractivity contribution is -0.346. The number of carbonyl (C=O) groups excluding carboxylic acids is 14. The number of carboxylic acid groups (broad SMARTS) is 1. The van der Waals surface area contributed by atoms with Crippen LogP contribution < -0.4 is 43.0 Å². The van der Waals surface area contributed by atoms with Gasteiger partial charge in [-0.15, -0.1) is 0 Å². The number of aliphatic hydroxyl groups excluding tert-OH is 1. The van der Waals surface area contributed by atoms with Crippen molar-refractivity contribution in [3.05, 3.63) is 190 Å². The molecule has 8 amide bonds. The number of nitrogens with one attached hydrogen (secondary N) is 8. The predicted octanol–water partition coefficient (Wildman–Crippen LogP) is 1.84. The molecule has 0 radical (unpaired) electrons. The molecule has 5 aromatic carbocycles. The largest absolute Gasteiger partial charge is 0.481 e. The van der Waals surface area contributed by atoms with Gasteiger partial charge in [0.25, 0.3) is 5.91 Å². The number of carboxylic acids is 1. The monoisotopic (exact) mass is 1660 g/mol. The highest BCUT2D eigenvalue weighted by Gasteiger charge is 2.78. The molecular formula is C85H97N11O24. The van der Waals surface area contributed by atoms with E-state index < -0.39 is 235 Å². The maximum atomic E-state index is 16.0. The third-order valence-electron chi connectivity index (χ3n) is 23.2. The summed E-state index contributed by atoms with van der Waals surface area (Å²) in [6, 6.07) is 30.2. The molecule has 5 aromatic rings. The Bertz CT molecular complexity index is 4810. The second kappa shape index (κ2) is 37.5. The average molecular weight is 1660 g/mol. The fourth-order valence-electron chi connectivity index (χ4n) is 16.9. The molecular weight excluding hydrogens is 1560 g/mol. The normalized spacial score (nSPS) is 26.5. The van der Waals surface area contributed by atoms with Gasteiger partial charge in [0, 0.05) is 76.8 Å². The van der Waals surface area contributed by atoms with Gasteiger partial charge in [-0.1, -0.05) is 135 Å². The van der Waals surface area contributed by atoms with E-state index >= 15 is 19.2 Å². The number of amides is 8. The summed E-state index contributed by atoms with van der Waals surface area (Å²) in [6.45, 7) is 5.47. The van der Waals surface area contributed by atoms with Crippen LogP contribution in [-0.2, 0) is 110 Å². The number of ether oxygens (including phenoxy) is 6. The van der Waals surface area contributed by atoms with Crippen molar-refractivity contribution >= 4 is 94.8 Å². The second-order valence-electron chi connectivity index (χ2n) is 31.4. The molecule has 35 nitrogen and oxygen atoms in total. The molecule has 3 aliphatic carbocycles. The van der Waals surface area contributed by atoms with Gasteiger partial charge in [0.15, 0.2) is 23.4 Å². The van der Waals surface area contributed by atoms with Gasteiger partial charge in [-0.2, -0.15) is 0 Å². The number of esters is 5. The molecule has 12 rings (SSSR count). The number of hydrogen-bond donors (Lipinski definition) is 12. The molecule has 13 N–H and O–H groups in total. The van der Waals surface area contributed by atoms with Crippen molar-refractivity contribution in [2.45, 2.75) is 191 Å². The maximum Gasteiger partial charge on any atom is 0.350 e. The average Bonchev–Trinajstić information content (AvgIpc) is 0.667. The molecule has 0 spiro atoms. The number of fused-ring (bicyclic) bond motifs is 19. The first-order valence-corrected chi connectivity index (χ1v) is 39.2. The fraction of sp³-hybridized carbons (Fsp3) is 0.435. The predicted molar refractivity (Wildman–Crippen MR) is 420 cm³/mol. The van der Waals surface area contributed by atoms with Crippen LogP contribution in [0.25, 0.3) is 0 Å². The van der Waals surface area contributed by atoms with E-state index in [1.807, 2.05) is 0 Å². The van der Waals surface area contributed by atoms with E-state index in [0.717, 1.165) is 18.7 Å². The highest BCUT2D eigenvalue weighted by Crippen LogP contribution is 2.64.